The molecule has 0 amide bonds. The third-order valence-electron chi connectivity index (χ3n) is 2.22. The lowest BCUT2D eigenvalue weighted by Crippen LogP contribution is -2.03. The lowest BCUT2D eigenvalue weighted by atomic mass is 10.3. The number of anilines is 1. The van der Waals surface area contributed by atoms with Crippen LogP contribution in [-0.4, -0.2) is 11.6 Å². The number of hydrogen-bond acceptors (Lipinski definition) is 4. The van der Waals surface area contributed by atoms with Gasteiger partial charge in [-0.2, -0.15) is 0 Å². The molecule has 4 heteroatoms. The summed E-state index contributed by atoms with van der Waals surface area (Å²) in [6.45, 7) is 2.60. The van der Waals surface area contributed by atoms with Gasteiger partial charge in [0.1, 0.15) is 0 Å². The van der Waals surface area contributed by atoms with E-state index in [4.69, 9.17) is 10.5 Å². The summed E-state index contributed by atoms with van der Waals surface area (Å²) in [4.78, 5) is 5.48. The van der Waals surface area contributed by atoms with Gasteiger partial charge < -0.3 is 10.5 Å². The van der Waals surface area contributed by atoms with Crippen LogP contribution in [0.1, 0.15) is 10.4 Å². The Morgan fingerprint density at radius 3 is 3.06 bits per heavy atom. The summed E-state index contributed by atoms with van der Waals surface area (Å²) in [5.74, 6) is 0.672. The Hall–Kier alpha value is -1.55. The lowest BCUT2D eigenvalue weighted by molar-refractivity contribution is 0.308. The van der Waals surface area contributed by atoms with E-state index in [1.54, 1.807) is 17.5 Å². The molecule has 2 heterocycles. The van der Waals surface area contributed by atoms with Crippen LogP contribution in [0.15, 0.2) is 29.8 Å². The molecule has 0 fully saturated rings. The maximum atomic E-state index is 5.62. The molecular formula is C12H14N2OS. The van der Waals surface area contributed by atoms with E-state index >= 15 is 0 Å². The van der Waals surface area contributed by atoms with Crippen molar-refractivity contribution in [1.82, 2.24) is 4.98 Å². The Kier molecular flexibility index (Phi) is 3.41. The van der Waals surface area contributed by atoms with E-state index in [1.165, 1.54) is 4.88 Å². The van der Waals surface area contributed by atoms with E-state index in [0.717, 1.165) is 12.0 Å². The minimum atomic E-state index is 0.651. The van der Waals surface area contributed by atoms with Crippen molar-refractivity contribution in [1.29, 1.82) is 0 Å². The number of nitrogens with zero attached hydrogens (tertiary/aromatic N) is 1. The fourth-order valence-corrected chi connectivity index (χ4v) is 2.13. The Bertz CT molecular complexity index is 454. The smallest absolute Gasteiger partial charge is 0.216 e. The average Bonchev–Trinajstić information content (AvgIpc) is 2.74. The highest BCUT2D eigenvalue weighted by atomic mass is 32.1. The topological polar surface area (TPSA) is 48.1 Å². The fraction of sp³-hybridized carbons (Fsp3) is 0.250. The van der Waals surface area contributed by atoms with Gasteiger partial charge in [0.15, 0.2) is 0 Å². The highest BCUT2D eigenvalue weighted by Gasteiger charge is 2.02. The van der Waals surface area contributed by atoms with Crippen molar-refractivity contribution in [3.8, 4) is 5.88 Å². The first kappa shape index (κ1) is 11.0. The van der Waals surface area contributed by atoms with Gasteiger partial charge in [-0.3, -0.25) is 0 Å². The second kappa shape index (κ2) is 4.99. The van der Waals surface area contributed by atoms with Crippen LogP contribution in [0.2, 0.25) is 0 Å². The molecule has 0 aliphatic carbocycles. The van der Waals surface area contributed by atoms with Crippen LogP contribution in [0.5, 0.6) is 5.88 Å². The number of hydrogen-bond donors (Lipinski definition) is 1. The van der Waals surface area contributed by atoms with Crippen LogP contribution in [-0.2, 0) is 6.42 Å². The number of aryl methyl sites for hydroxylation is 1. The molecule has 0 spiro atoms. The molecule has 2 N–H and O–H groups in total. The van der Waals surface area contributed by atoms with Crippen molar-refractivity contribution in [3.63, 3.8) is 0 Å². The summed E-state index contributed by atoms with van der Waals surface area (Å²) in [5, 5.41) is 2.07. The van der Waals surface area contributed by atoms with Crippen LogP contribution in [0, 0.1) is 6.92 Å². The molecule has 2 rings (SSSR count). The zero-order valence-corrected chi connectivity index (χ0v) is 9.96. The monoisotopic (exact) mass is 234 g/mol. The maximum Gasteiger partial charge on any atom is 0.216 e. The summed E-state index contributed by atoms with van der Waals surface area (Å²) in [7, 11) is 0. The molecule has 0 saturated carbocycles. The third-order valence-corrected chi connectivity index (χ3v) is 3.15. The Balaban J connectivity index is 1.90. The molecule has 0 atom stereocenters. The van der Waals surface area contributed by atoms with Crippen LogP contribution in [0.25, 0.3) is 0 Å². The van der Waals surface area contributed by atoms with Gasteiger partial charge in [-0.25, -0.2) is 4.98 Å². The predicted molar refractivity (Wildman–Crippen MR) is 66.9 cm³/mol. The molecule has 0 unspecified atom stereocenters. The molecule has 0 radical (unpaired) electrons. The second-order valence-corrected chi connectivity index (χ2v) is 4.60. The van der Waals surface area contributed by atoms with Crippen LogP contribution in [0.4, 0.5) is 5.69 Å². The maximum absolute atomic E-state index is 5.62. The highest BCUT2D eigenvalue weighted by molar-refractivity contribution is 7.09. The van der Waals surface area contributed by atoms with E-state index in [0.29, 0.717) is 18.2 Å². The standard InChI is InChI=1S/C12H14N2OS/c1-9-7-10(13)8-14-12(9)15-5-4-11-3-2-6-16-11/h2-3,6-8H,4-5,13H2,1H3. The van der Waals surface area contributed by atoms with Gasteiger partial charge in [-0.15, -0.1) is 11.3 Å². The summed E-state index contributed by atoms with van der Waals surface area (Å²) < 4.78 is 5.61. The van der Waals surface area contributed by atoms with Crippen LogP contribution in [0.3, 0.4) is 0 Å². The van der Waals surface area contributed by atoms with Gasteiger partial charge in [0.05, 0.1) is 18.5 Å². The van der Waals surface area contributed by atoms with Crippen molar-refractivity contribution in [2.24, 2.45) is 0 Å². The van der Waals surface area contributed by atoms with E-state index in [2.05, 4.69) is 16.4 Å². The minimum Gasteiger partial charge on any atom is -0.477 e. The van der Waals surface area contributed by atoms with E-state index < -0.39 is 0 Å². The van der Waals surface area contributed by atoms with Gasteiger partial charge in [0, 0.05) is 16.9 Å². The Morgan fingerprint density at radius 2 is 2.38 bits per heavy atom. The predicted octanol–water partition coefficient (Wildman–Crippen LogP) is 2.66. The lowest BCUT2D eigenvalue weighted by Gasteiger charge is -2.07. The number of thiophene rings is 1. The molecule has 3 nitrogen and oxygen atoms in total. The molecule has 16 heavy (non-hydrogen) atoms. The summed E-state index contributed by atoms with van der Waals surface area (Å²) in [6.07, 6.45) is 2.54. The number of nitrogen functional groups attached to an aromatic ring is 1. The fourth-order valence-electron chi connectivity index (χ4n) is 1.44. The summed E-state index contributed by atoms with van der Waals surface area (Å²) >= 11 is 1.74. The van der Waals surface area contributed by atoms with Crippen LogP contribution < -0.4 is 10.5 Å². The minimum absolute atomic E-state index is 0.651. The largest absolute Gasteiger partial charge is 0.477 e. The van der Waals surface area contributed by atoms with E-state index in [1.807, 2.05) is 19.1 Å². The summed E-state index contributed by atoms with van der Waals surface area (Å²) in [6, 6.07) is 6.03. The van der Waals surface area contributed by atoms with Gasteiger partial charge in [0.25, 0.3) is 0 Å². The number of ether oxygens (including phenoxy) is 1. The number of rotatable bonds is 4. The number of nitrogens with two attached hydrogens (primary N) is 1. The summed E-state index contributed by atoms with van der Waals surface area (Å²) in [5.41, 5.74) is 7.26. The highest BCUT2D eigenvalue weighted by Crippen LogP contribution is 2.17. The van der Waals surface area contributed by atoms with Crippen molar-refractivity contribution in [2.45, 2.75) is 13.3 Å². The Labute approximate surface area is 98.9 Å². The van der Waals surface area contributed by atoms with Gasteiger partial charge in [0.2, 0.25) is 5.88 Å². The quantitative estimate of drug-likeness (QED) is 0.884. The normalized spacial score (nSPS) is 10.3. The molecule has 0 aliphatic heterocycles. The van der Waals surface area contributed by atoms with Gasteiger partial charge in [-0.1, -0.05) is 6.07 Å². The molecule has 0 saturated heterocycles. The first-order chi connectivity index (χ1) is 7.75. The first-order valence-electron chi connectivity index (χ1n) is 5.13. The zero-order valence-electron chi connectivity index (χ0n) is 9.14. The first-order valence-corrected chi connectivity index (χ1v) is 6.01. The molecule has 0 bridgehead atoms. The average molecular weight is 234 g/mol. The van der Waals surface area contributed by atoms with Crippen molar-refractivity contribution in [2.75, 3.05) is 12.3 Å². The molecule has 0 aromatic carbocycles. The number of aromatic nitrogens is 1. The van der Waals surface area contributed by atoms with Crippen molar-refractivity contribution >= 4 is 17.0 Å². The van der Waals surface area contributed by atoms with Gasteiger partial charge >= 0.3 is 0 Å². The molecule has 2 aromatic rings. The molecular weight excluding hydrogens is 220 g/mol. The third kappa shape index (κ3) is 2.73. The molecule has 2 aromatic heterocycles. The number of pyridine rings is 1. The molecule has 84 valence electrons. The second-order valence-electron chi connectivity index (χ2n) is 3.57. The van der Waals surface area contributed by atoms with E-state index in [-0.39, 0.29) is 0 Å². The van der Waals surface area contributed by atoms with Crippen molar-refractivity contribution < 1.29 is 4.74 Å². The SMILES string of the molecule is Cc1cc(N)cnc1OCCc1cccs1. The van der Waals surface area contributed by atoms with Crippen LogP contribution >= 0.6 is 11.3 Å². The van der Waals surface area contributed by atoms with Crippen molar-refractivity contribution in [3.05, 3.63) is 40.2 Å². The Morgan fingerprint density at radius 1 is 1.50 bits per heavy atom. The van der Waals surface area contributed by atoms with E-state index in [9.17, 15) is 0 Å². The zero-order chi connectivity index (χ0) is 11.4. The molecule has 0 aliphatic rings. The van der Waals surface area contributed by atoms with Gasteiger partial charge in [-0.05, 0) is 24.4 Å².